The van der Waals surface area contributed by atoms with Crippen LogP contribution in [0.4, 0.5) is 13.2 Å². The second-order valence-electron chi connectivity index (χ2n) is 3.62. The lowest BCUT2D eigenvalue weighted by Crippen LogP contribution is -2.16. The third-order valence-corrected chi connectivity index (χ3v) is 2.25. The fourth-order valence-corrected chi connectivity index (χ4v) is 1.30. The number of esters is 2. The van der Waals surface area contributed by atoms with E-state index < -0.39 is 35.2 Å². The first-order chi connectivity index (χ1) is 9.79. The van der Waals surface area contributed by atoms with E-state index in [1.54, 1.807) is 0 Å². The molecule has 0 atom stereocenters. The van der Waals surface area contributed by atoms with E-state index in [1.165, 1.54) is 6.07 Å². The van der Waals surface area contributed by atoms with Gasteiger partial charge in [-0.3, -0.25) is 0 Å². The molecule has 0 aliphatic rings. The second kappa shape index (κ2) is 6.78. The van der Waals surface area contributed by atoms with Gasteiger partial charge in [-0.15, -0.1) is 0 Å². The number of benzene rings is 1. The number of para-hydroxylation sites is 1. The van der Waals surface area contributed by atoms with Gasteiger partial charge in [-0.2, -0.15) is 13.2 Å². The average molecular weight is 304 g/mol. The molecule has 1 aromatic carbocycles. The van der Waals surface area contributed by atoms with Crippen molar-refractivity contribution in [2.24, 2.45) is 0 Å². The van der Waals surface area contributed by atoms with Crippen LogP contribution in [0.15, 0.2) is 36.1 Å². The molecular weight excluding hydrogens is 293 g/mol. The molecule has 0 saturated carbocycles. The third kappa shape index (κ3) is 4.51. The molecule has 1 aromatic rings. The van der Waals surface area contributed by atoms with E-state index in [0.29, 0.717) is 6.08 Å². The molecule has 21 heavy (non-hydrogen) atoms. The van der Waals surface area contributed by atoms with Gasteiger partial charge < -0.3 is 14.2 Å². The molecule has 0 radical (unpaired) electrons. The number of alkyl halides is 3. The van der Waals surface area contributed by atoms with Crippen LogP contribution in [0.1, 0.15) is 5.56 Å². The smallest absolute Gasteiger partial charge is 0.419 e. The van der Waals surface area contributed by atoms with Crippen LogP contribution in [0.3, 0.4) is 0 Å². The number of ether oxygens (including phenoxy) is 3. The molecule has 0 unspecified atom stereocenters. The maximum Gasteiger partial charge on any atom is 0.419 e. The lowest BCUT2D eigenvalue weighted by Gasteiger charge is -2.14. The monoisotopic (exact) mass is 304 g/mol. The van der Waals surface area contributed by atoms with Crippen LogP contribution in [-0.4, -0.2) is 26.2 Å². The lowest BCUT2D eigenvalue weighted by atomic mass is 10.2. The maximum absolute atomic E-state index is 12.8. The van der Waals surface area contributed by atoms with Crippen molar-refractivity contribution in [2.45, 2.75) is 6.18 Å². The number of halogens is 3. The van der Waals surface area contributed by atoms with Gasteiger partial charge in [0.1, 0.15) is 5.75 Å². The molecule has 1 rings (SSSR count). The van der Waals surface area contributed by atoms with Crippen LogP contribution >= 0.6 is 0 Å². The number of carbonyl (C=O) groups excluding carboxylic acids is 2. The third-order valence-electron chi connectivity index (χ3n) is 2.25. The highest BCUT2D eigenvalue weighted by Crippen LogP contribution is 2.36. The van der Waals surface area contributed by atoms with Crippen LogP contribution in [0.25, 0.3) is 0 Å². The maximum atomic E-state index is 12.8. The van der Waals surface area contributed by atoms with Gasteiger partial charge in [0.15, 0.2) is 0 Å². The predicted molar refractivity (Wildman–Crippen MR) is 64.2 cm³/mol. The van der Waals surface area contributed by atoms with E-state index in [1.807, 2.05) is 0 Å². The van der Waals surface area contributed by atoms with Crippen molar-refractivity contribution >= 4 is 11.9 Å². The topological polar surface area (TPSA) is 61.8 Å². The summed E-state index contributed by atoms with van der Waals surface area (Å²) in [5.74, 6) is -3.44. The van der Waals surface area contributed by atoms with E-state index in [0.717, 1.165) is 32.4 Å². The molecule has 0 amide bonds. The normalized spacial score (nSPS) is 11.8. The van der Waals surface area contributed by atoms with Gasteiger partial charge in [0.25, 0.3) is 0 Å². The molecule has 114 valence electrons. The van der Waals surface area contributed by atoms with Crippen molar-refractivity contribution in [3.05, 3.63) is 41.7 Å². The molecular formula is C13H11F3O5. The molecule has 0 spiro atoms. The highest BCUT2D eigenvalue weighted by atomic mass is 19.4. The number of rotatable bonds is 4. The first kappa shape index (κ1) is 16.5. The molecule has 0 aromatic heterocycles. The van der Waals surface area contributed by atoms with Crippen LogP contribution < -0.4 is 4.74 Å². The minimum Gasteiger partial charge on any atom is -0.466 e. The van der Waals surface area contributed by atoms with Crippen LogP contribution in [0.5, 0.6) is 5.75 Å². The van der Waals surface area contributed by atoms with Gasteiger partial charge in [-0.1, -0.05) is 12.1 Å². The summed E-state index contributed by atoms with van der Waals surface area (Å²) in [6.07, 6.45) is -4.08. The molecule has 5 nitrogen and oxygen atoms in total. The van der Waals surface area contributed by atoms with Crippen molar-refractivity contribution < 1.29 is 37.0 Å². The molecule has 0 heterocycles. The summed E-state index contributed by atoms with van der Waals surface area (Å²) in [7, 11) is 2.03. The van der Waals surface area contributed by atoms with Crippen molar-refractivity contribution in [3.63, 3.8) is 0 Å². The Balaban J connectivity index is 3.19. The number of carbonyl (C=O) groups is 2. The van der Waals surface area contributed by atoms with Crippen LogP contribution in [0.2, 0.25) is 0 Å². The summed E-state index contributed by atoms with van der Waals surface area (Å²) in [5.41, 5.74) is -1.09. The zero-order chi connectivity index (χ0) is 16.0. The van der Waals surface area contributed by atoms with Crippen molar-refractivity contribution in [3.8, 4) is 5.75 Å². The number of hydrogen-bond acceptors (Lipinski definition) is 5. The van der Waals surface area contributed by atoms with Crippen molar-refractivity contribution in [1.29, 1.82) is 0 Å². The largest absolute Gasteiger partial charge is 0.466 e. The first-order valence-corrected chi connectivity index (χ1v) is 5.51. The highest BCUT2D eigenvalue weighted by Gasteiger charge is 2.34. The predicted octanol–water partition coefficient (Wildman–Crippen LogP) is 2.31. The Morgan fingerprint density at radius 2 is 1.71 bits per heavy atom. The molecule has 0 fully saturated rings. The van der Waals surface area contributed by atoms with Crippen LogP contribution in [0, 0.1) is 0 Å². The Hall–Kier alpha value is -2.51. The average Bonchev–Trinajstić information content (AvgIpc) is 2.44. The Morgan fingerprint density at radius 3 is 2.24 bits per heavy atom. The van der Waals surface area contributed by atoms with E-state index in [9.17, 15) is 22.8 Å². The first-order valence-electron chi connectivity index (χ1n) is 5.51. The van der Waals surface area contributed by atoms with Crippen molar-refractivity contribution in [2.75, 3.05) is 14.2 Å². The summed E-state index contributed by atoms with van der Waals surface area (Å²) >= 11 is 0. The summed E-state index contributed by atoms with van der Waals surface area (Å²) in [5, 5.41) is 0. The fourth-order valence-electron chi connectivity index (χ4n) is 1.30. The van der Waals surface area contributed by atoms with Gasteiger partial charge in [0, 0.05) is 0 Å². The van der Waals surface area contributed by atoms with Crippen molar-refractivity contribution in [1.82, 2.24) is 0 Å². The van der Waals surface area contributed by atoms with E-state index in [-0.39, 0.29) is 0 Å². The Bertz CT molecular complexity index is 563. The van der Waals surface area contributed by atoms with Gasteiger partial charge in [0.05, 0.1) is 25.9 Å². The molecule has 0 N–H and O–H groups in total. The van der Waals surface area contributed by atoms with Gasteiger partial charge in [-0.05, 0) is 12.1 Å². The lowest BCUT2D eigenvalue weighted by molar-refractivity contribution is -0.142. The highest BCUT2D eigenvalue weighted by molar-refractivity contribution is 5.95. The number of hydrogen-bond donors (Lipinski definition) is 0. The van der Waals surface area contributed by atoms with Gasteiger partial charge in [-0.25, -0.2) is 9.59 Å². The summed E-state index contributed by atoms with van der Waals surface area (Å²) in [6.45, 7) is 0. The minimum atomic E-state index is -4.68. The molecule has 8 heteroatoms. The van der Waals surface area contributed by atoms with Crippen LogP contribution in [-0.2, 0) is 25.2 Å². The van der Waals surface area contributed by atoms with E-state index in [4.69, 9.17) is 4.74 Å². The standard InChI is InChI=1S/C13H11F3O5/c1-19-11(17)7-10(12(18)20-2)21-9-6-4-3-5-8(9)13(14,15)16/h3-7H,1-2H3/b10-7+. The van der Waals surface area contributed by atoms with Gasteiger partial charge >= 0.3 is 18.1 Å². The summed E-state index contributed by atoms with van der Waals surface area (Å²) in [4.78, 5) is 22.5. The Morgan fingerprint density at radius 1 is 1.10 bits per heavy atom. The van der Waals surface area contributed by atoms with E-state index >= 15 is 0 Å². The molecule has 0 aliphatic heterocycles. The van der Waals surface area contributed by atoms with Gasteiger partial charge in [0.2, 0.25) is 5.76 Å². The Labute approximate surface area is 117 Å². The number of methoxy groups -OCH3 is 2. The Kier molecular flexibility index (Phi) is 5.34. The molecule has 0 aliphatic carbocycles. The zero-order valence-electron chi connectivity index (χ0n) is 11.1. The molecule has 0 bridgehead atoms. The van der Waals surface area contributed by atoms with E-state index in [2.05, 4.69) is 9.47 Å². The summed E-state index contributed by atoms with van der Waals surface area (Å²) in [6, 6.07) is 4.24. The SMILES string of the molecule is COC(=O)/C=C(/Oc1ccccc1C(F)(F)F)C(=O)OC. The molecule has 0 saturated heterocycles. The fraction of sp³-hybridized carbons (Fsp3) is 0.231. The zero-order valence-corrected chi connectivity index (χ0v) is 11.1. The minimum absolute atomic E-state index is 0.596. The quantitative estimate of drug-likeness (QED) is 0.485. The second-order valence-corrected chi connectivity index (χ2v) is 3.62. The summed E-state index contributed by atoms with van der Waals surface area (Å²) < 4.78 is 51.9.